The highest BCUT2D eigenvalue weighted by molar-refractivity contribution is 7.33. The molecular weight excluding hydrogens is 372 g/mol. The van der Waals surface area contributed by atoms with E-state index in [1.54, 1.807) is 22.7 Å². The zero-order valence-corrected chi connectivity index (χ0v) is 16.7. The summed E-state index contributed by atoms with van der Waals surface area (Å²) in [5.41, 5.74) is 0. The Labute approximate surface area is 162 Å². The van der Waals surface area contributed by atoms with Crippen molar-refractivity contribution in [1.29, 1.82) is 0 Å². The largest absolute Gasteiger partial charge is 0.338 e. The summed E-state index contributed by atoms with van der Waals surface area (Å²) < 4.78 is 3.82. The predicted octanol–water partition coefficient (Wildman–Crippen LogP) is 5.00. The van der Waals surface area contributed by atoms with E-state index in [0.717, 1.165) is 43.3 Å². The summed E-state index contributed by atoms with van der Waals surface area (Å²) in [6.07, 6.45) is 3.49. The third kappa shape index (κ3) is 3.70. The number of nitrogens with one attached hydrogen (secondary N) is 1. The first-order chi connectivity index (χ1) is 11.8. The molecule has 4 rings (SSSR count). The zero-order valence-electron chi connectivity index (χ0n) is 14.3. The number of thiophene rings is 2. The number of halogens is 1. The molecule has 0 radical (unpaired) electrons. The number of nitrogens with zero attached hydrogens (tertiary/aromatic N) is 1. The number of benzene rings is 1. The maximum Gasteiger partial charge on any atom is 0.263 e. The number of rotatable bonds is 4. The maximum absolute atomic E-state index is 12.9. The van der Waals surface area contributed by atoms with Gasteiger partial charge in [-0.1, -0.05) is 18.2 Å². The lowest BCUT2D eigenvalue weighted by atomic mass is 9.93. The van der Waals surface area contributed by atoms with Crippen LogP contribution in [-0.4, -0.2) is 37.5 Å². The van der Waals surface area contributed by atoms with Crippen molar-refractivity contribution in [3.05, 3.63) is 35.2 Å². The Morgan fingerprint density at radius 1 is 1.20 bits per heavy atom. The summed E-state index contributed by atoms with van der Waals surface area (Å²) in [7, 11) is 2.00. The molecule has 134 valence electrons. The second-order valence-corrected chi connectivity index (χ2v) is 8.67. The van der Waals surface area contributed by atoms with Gasteiger partial charge >= 0.3 is 0 Å². The highest BCUT2D eigenvalue weighted by atomic mass is 35.5. The van der Waals surface area contributed by atoms with Crippen LogP contribution in [0, 0.1) is 5.92 Å². The molecule has 0 atom stereocenters. The molecule has 0 bridgehead atoms. The van der Waals surface area contributed by atoms with Gasteiger partial charge in [0.15, 0.2) is 0 Å². The fraction of sp³-hybridized carbons (Fsp3) is 0.421. The molecule has 3 nitrogen and oxygen atoms in total. The fourth-order valence-corrected chi connectivity index (χ4v) is 6.03. The smallest absolute Gasteiger partial charge is 0.263 e. The van der Waals surface area contributed by atoms with Gasteiger partial charge in [0.1, 0.15) is 0 Å². The molecule has 1 aromatic carbocycles. The molecule has 1 N–H and O–H groups in total. The van der Waals surface area contributed by atoms with E-state index >= 15 is 0 Å². The third-order valence-electron chi connectivity index (χ3n) is 4.96. The first-order valence-electron chi connectivity index (χ1n) is 8.61. The predicted molar refractivity (Wildman–Crippen MR) is 112 cm³/mol. The lowest BCUT2D eigenvalue weighted by molar-refractivity contribution is 0.0692. The molecule has 1 saturated heterocycles. The van der Waals surface area contributed by atoms with Crippen LogP contribution in [0.5, 0.6) is 0 Å². The second kappa shape index (κ2) is 8.04. The molecule has 1 aliphatic heterocycles. The Morgan fingerprint density at radius 2 is 1.96 bits per heavy atom. The first-order valence-corrected chi connectivity index (χ1v) is 10.2. The number of hydrogen-bond donors (Lipinski definition) is 1. The van der Waals surface area contributed by atoms with Crippen LogP contribution >= 0.6 is 35.1 Å². The molecule has 1 amide bonds. The van der Waals surface area contributed by atoms with E-state index in [1.165, 1.54) is 25.9 Å². The Hall–Kier alpha value is -1.14. The fourth-order valence-electron chi connectivity index (χ4n) is 3.53. The number of hydrogen-bond acceptors (Lipinski definition) is 4. The van der Waals surface area contributed by atoms with Gasteiger partial charge < -0.3 is 10.2 Å². The van der Waals surface area contributed by atoms with Crippen LogP contribution in [0.15, 0.2) is 30.3 Å². The SMILES string of the molecule is CNCCC1CCN(C(=O)c2cc3sc4ccccc4c3s2)CC1.Cl. The number of piperidine rings is 1. The Morgan fingerprint density at radius 3 is 2.72 bits per heavy atom. The van der Waals surface area contributed by atoms with E-state index in [2.05, 4.69) is 35.6 Å². The third-order valence-corrected chi connectivity index (χ3v) is 7.37. The van der Waals surface area contributed by atoms with Gasteiger partial charge in [0.2, 0.25) is 0 Å². The molecule has 0 saturated carbocycles. The second-order valence-electron chi connectivity index (χ2n) is 6.53. The highest BCUT2D eigenvalue weighted by Crippen LogP contribution is 2.39. The summed E-state index contributed by atoms with van der Waals surface area (Å²) in [6.45, 7) is 2.88. The van der Waals surface area contributed by atoms with Crippen molar-refractivity contribution in [2.45, 2.75) is 19.3 Å². The van der Waals surface area contributed by atoms with Gasteiger partial charge in [0.25, 0.3) is 5.91 Å². The molecule has 3 aromatic rings. The van der Waals surface area contributed by atoms with E-state index in [9.17, 15) is 4.79 Å². The minimum atomic E-state index is 0. The molecule has 6 heteroatoms. The molecule has 1 aliphatic rings. The molecule has 2 aromatic heterocycles. The van der Waals surface area contributed by atoms with E-state index in [0.29, 0.717) is 0 Å². The van der Waals surface area contributed by atoms with Crippen molar-refractivity contribution in [2.24, 2.45) is 5.92 Å². The van der Waals surface area contributed by atoms with Crippen LogP contribution in [0.1, 0.15) is 28.9 Å². The van der Waals surface area contributed by atoms with Gasteiger partial charge in [0.05, 0.1) is 9.58 Å². The van der Waals surface area contributed by atoms with Gasteiger partial charge in [-0.2, -0.15) is 0 Å². The minimum Gasteiger partial charge on any atom is -0.338 e. The zero-order chi connectivity index (χ0) is 16.5. The summed E-state index contributed by atoms with van der Waals surface area (Å²) in [5, 5.41) is 4.51. The molecule has 0 spiro atoms. The Bertz CT molecular complexity index is 865. The van der Waals surface area contributed by atoms with Crippen molar-refractivity contribution in [3.8, 4) is 0 Å². The van der Waals surface area contributed by atoms with Gasteiger partial charge in [0, 0.05) is 27.9 Å². The van der Waals surface area contributed by atoms with Crippen LogP contribution < -0.4 is 5.32 Å². The normalized spacial score (nSPS) is 15.6. The van der Waals surface area contributed by atoms with Crippen LogP contribution in [0.25, 0.3) is 19.5 Å². The van der Waals surface area contributed by atoms with E-state index in [-0.39, 0.29) is 18.3 Å². The lowest BCUT2D eigenvalue weighted by Crippen LogP contribution is -2.38. The maximum atomic E-state index is 12.9. The van der Waals surface area contributed by atoms with Crippen molar-refractivity contribution in [1.82, 2.24) is 10.2 Å². The van der Waals surface area contributed by atoms with Crippen molar-refractivity contribution in [3.63, 3.8) is 0 Å². The van der Waals surface area contributed by atoms with E-state index < -0.39 is 0 Å². The van der Waals surface area contributed by atoms with Gasteiger partial charge in [-0.3, -0.25) is 4.79 Å². The molecule has 1 fully saturated rings. The van der Waals surface area contributed by atoms with Crippen LogP contribution in [0.4, 0.5) is 0 Å². The molecule has 25 heavy (non-hydrogen) atoms. The van der Waals surface area contributed by atoms with Crippen LogP contribution in [0.3, 0.4) is 0 Å². The van der Waals surface area contributed by atoms with Crippen molar-refractivity contribution in [2.75, 3.05) is 26.7 Å². The van der Waals surface area contributed by atoms with Crippen molar-refractivity contribution < 1.29 is 4.79 Å². The van der Waals surface area contributed by atoms with Crippen LogP contribution in [0.2, 0.25) is 0 Å². The molecular formula is C19H23ClN2OS2. The van der Waals surface area contributed by atoms with Gasteiger partial charge in [-0.25, -0.2) is 0 Å². The van der Waals surface area contributed by atoms with Crippen molar-refractivity contribution >= 4 is 60.5 Å². The summed E-state index contributed by atoms with van der Waals surface area (Å²) in [4.78, 5) is 15.8. The topological polar surface area (TPSA) is 32.3 Å². The van der Waals surface area contributed by atoms with Gasteiger partial charge in [-0.15, -0.1) is 35.1 Å². The average Bonchev–Trinajstić information content (AvgIpc) is 3.17. The molecule has 0 unspecified atom stereocenters. The summed E-state index contributed by atoms with van der Waals surface area (Å²) >= 11 is 3.45. The number of fused-ring (bicyclic) bond motifs is 3. The summed E-state index contributed by atoms with van der Waals surface area (Å²) in [6, 6.07) is 10.6. The Balaban J connectivity index is 0.00000182. The number of carbonyl (C=O) groups excluding carboxylic acids is 1. The van der Waals surface area contributed by atoms with E-state index in [4.69, 9.17) is 0 Å². The number of amides is 1. The highest BCUT2D eigenvalue weighted by Gasteiger charge is 2.25. The Kier molecular flexibility index (Phi) is 6.00. The average molecular weight is 395 g/mol. The van der Waals surface area contributed by atoms with Gasteiger partial charge in [-0.05, 0) is 50.9 Å². The van der Waals surface area contributed by atoms with Crippen LogP contribution in [-0.2, 0) is 0 Å². The number of carbonyl (C=O) groups is 1. The molecule has 0 aliphatic carbocycles. The lowest BCUT2D eigenvalue weighted by Gasteiger charge is -2.31. The monoisotopic (exact) mass is 394 g/mol. The number of likely N-dealkylation sites (tertiary alicyclic amines) is 1. The first kappa shape index (κ1) is 18.6. The minimum absolute atomic E-state index is 0. The molecule has 3 heterocycles. The quantitative estimate of drug-likeness (QED) is 0.675. The van der Waals surface area contributed by atoms with E-state index in [1.807, 2.05) is 11.9 Å². The standard InChI is InChI=1S/C19H22N2OS2.ClH/c1-20-9-6-13-7-10-21(11-8-13)19(22)17-12-16-18(24-17)14-4-2-3-5-15(14)23-16;/h2-5,12-13,20H,6-11H2,1H3;1H. The summed E-state index contributed by atoms with van der Waals surface area (Å²) in [5.74, 6) is 0.983.